The maximum atomic E-state index is 9.95. The van der Waals surface area contributed by atoms with E-state index < -0.39 is 6.72 Å². The molecular formula is C25H42NO3PS2. The van der Waals surface area contributed by atoms with Crippen molar-refractivity contribution in [3.05, 3.63) is 29.3 Å². The van der Waals surface area contributed by atoms with Crippen molar-refractivity contribution in [3.63, 3.8) is 0 Å². The normalized spacial score (nSPS) is 12.9. The van der Waals surface area contributed by atoms with Gasteiger partial charge in [0.1, 0.15) is 0 Å². The molecule has 0 fully saturated rings. The molecule has 1 aromatic rings. The van der Waals surface area contributed by atoms with Crippen LogP contribution in [0.25, 0.3) is 0 Å². The van der Waals surface area contributed by atoms with Crippen molar-refractivity contribution < 1.29 is 13.4 Å². The highest BCUT2D eigenvalue weighted by atomic mass is 32.5. The Morgan fingerprint density at radius 3 is 1.97 bits per heavy atom. The quantitative estimate of drug-likeness (QED) is 0.0835. The lowest BCUT2D eigenvalue weighted by atomic mass is 9.96. The van der Waals surface area contributed by atoms with Crippen LogP contribution >= 0.6 is 18.8 Å². The van der Waals surface area contributed by atoms with Gasteiger partial charge in [-0.25, -0.2) is 3.97 Å². The van der Waals surface area contributed by atoms with Gasteiger partial charge in [-0.3, -0.25) is 0 Å². The van der Waals surface area contributed by atoms with E-state index in [0.717, 1.165) is 36.2 Å². The molecule has 0 spiro atoms. The number of benzene rings is 1. The first-order valence-electron chi connectivity index (χ1n) is 12.4. The predicted octanol–water partition coefficient (Wildman–Crippen LogP) is 9.01. The number of aryl methyl sites for hydroxylation is 1. The Bertz CT molecular complexity index is 709. The number of unbranched alkanes of at least 4 members (excludes halogenated alkanes) is 12. The van der Waals surface area contributed by atoms with Crippen molar-refractivity contribution >= 4 is 30.6 Å². The van der Waals surface area contributed by atoms with Gasteiger partial charge in [0, 0.05) is 28.7 Å². The van der Waals surface area contributed by atoms with Crippen LogP contribution in [0.15, 0.2) is 23.1 Å². The van der Waals surface area contributed by atoms with Gasteiger partial charge < -0.3 is 9.42 Å². The molecule has 1 aromatic carbocycles. The summed E-state index contributed by atoms with van der Waals surface area (Å²) in [5, 5.41) is 8.65. The van der Waals surface area contributed by atoms with E-state index in [9.17, 15) is 4.89 Å². The molecule has 0 amide bonds. The largest absolute Gasteiger partial charge is 0.399 e. The number of nitrogens with zero attached hydrogens (tertiary/aromatic N) is 1. The maximum Gasteiger partial charge on any atom is 0.399 e. The van der Waals surface area contributed by atoms with Crippen molar-refractivity contribution in [2.24, 2.45) is 0 Å². The second kappa shape index (κ2) is 18.8. The summed E-state index contributed by atoms with van der Waals surface area (Å²) in [6.07, 6.45) is 21.5. The van der Waals surface area contributed by atoms with E-state index in [4.69, 9.17) is 21.0 Å². The van der Waals surface area contributed by atoms with Crippen LogP contribution in [0.4, 0.5) is 0 Å². The van der Waals surface area contributed by atoms with E-state index in [1.807, 2.05) is 12.1 Å². The van der Waals surface area contributed by atoms with Gasteiger partial charge >= 0.3 is 6.72 Å². The Labute approximate surface area is 205 Å². The Morgan fingerprint density at radius 2 is 1.41 bits per heavy atom. The van der Waals surface area contributed by atoms with Crippen molar-refractivity contribution in [1.29, 1.82) is 5.26 Å². The molecular weight excluding hydrogens is 457 g/mol. The molecule has 32 heavy (non-hydrogen) atoms. The van der Waals surface area contributed by atoms with Crippen molar-refractivity contribution in [3.8, 4) is 6.26 Å². The van der Waals surface area contributed by atoms with E-state index in [0.29, 0.717) is 0 Å². The lowest BCUT2D eigenvalue weighted by Gasteiger charge is -2.16. The summed E-state index contributed by atoms with van der Waals surface area (Å²) in [7, 11) is 0. The van der Waals surface area contributed by atoms with Gasteiger partial charge in [0.2, 0.25) is 0 Å². The average Bonchev–Trinajstić information content (AvgIpc) is 2.77. The standard InChI is InChI=1S/C25H42NO3PS2/c1-3-5-7-9-11-13-15-18-23-19-17-21-25(32-29-30(27,31)28-22-26)24(23)20-16-14-12-10-8-6-4-2/h17,19,21H,3-16,18,20H2,1-2H3,(H,27,31). The smallest absolute Gasteiger partial charge is 0.348 e. The van der Waals surface area contributed by atoms with E-state index in [1.165, 1.54) is 101 Å². The fourth-order valence-electron chi connectivity index (χ4n) is 3.89. The molecule has 0 radical (unpaired) electrons. The first-order chi connectivity index (χ1) is 15.5. The Balaban J connectivity index is 2.67. The topological polar surface area (TPSA) is 62.5 Å². The number of rotatable bonds is 20. The minimum atomic E-state index is -3.54. The summed E-state index contributed by atoms with van der Waals surface area (Å²) in [4.78, 5) is 10.9. The number of hydrogen-bond donors (Lipinski definition) is 1. The molecule has 0 aliphatic rings. The lowest BCUT2D eigenvalue weighted by Crippen LogP contribution is -1.99. The van der Waals surface area contributed by atoms with E-state index in [2.05, 4.69) is 24.4 Å². The van der Waals surface area contributed by atoms with E-state index in [1.54, 1.807) is 0 Å². The third kappa shape index (κ3) is 13.9. The molecule has 1 unspecified atom stereocenters. The van der Waals surface area contributed by atoms with Crippen molar-refractivity contribution in [2.45, 2.75) is 121 Å². The van der Waals surface area contributed by atoms with Gasteiger partial charge in [-0.2, -0.15) is 0 Å². The summed E-state index contributed by atoms with van der Waals surface area (Å²) in [5.74, 6) is 0. The fraction of sp³-hybridized carbons (Fsp3) is 0.720. The molecule has 182 valence electrons. The molecule has 0 aliphatic heterocycles. The van der Waals surface area contributed by atoms with Crippen LogP contribution in [0.2, 0.25) is 0 Å². The summed E-state index contributed by atoms with van der Waals surface area (Å²) < 4.78 is 9.89. The van der Waals surface area contributed by atoms with Crippen LogP contribution in [0.3, 0.4) is 0 Å². The van der Waals surface area contributed by atoms with Crippen LogP contribution in [0, 0.1) is 11.5 Å². The molecule has 0 heterocycles. The predicted molar refractivity (Wildman–Crippen MR) is 140 cm³/mol. The maximum absolute atomic E-state index is 9.95. The summed E-state index contributed by atoms with van der Waals surface area (Å²) in [5.41, 5.74) is 2.66. The minimum Gasteiger partial charge on any atom is -0.348 e. The van der Waals surface area contributed by atoms with Gasteiger partial charge in [-0.15, -0.1) is 5.26 Å². The number of nitriles is 1. The molecule has 0 bridgehead atoms. The third-order valence-corrected chi connectivity index (χ3v) is 8.38. The first-order valence-corrected chi connectivity index (χ1v) is 15.7. The second-order valence-corrected chi connectivity index (χ2v) is 12.2. The highest BCUT2D eigenvalue weighted by molar-refractivity contribution is 8.12. The van der Waals surface area contributed by atoms with Crippen LogP contribution < -0.4 is 0 Å². The lowest BCUT2D eigenvalue weighted by molar-refractivity contribution is 0.376. The zero-order valence-corrected chi connectivity index (χ0v) is 22.5. The molecule has 0 aliphatic carbocycles. The van der Waals surface area contributed by atoms with Gasteiger partial charge in [-0.05, 0) is 42.9 Å². The second-order valence-electron chi connectivity index (χ2n) is 8.45. The molecule has 0 saturated heterocycles. The molecule has 1 rings (SSSR count). The highest BCUT2D eigenvalue weighted by Crippen LogP contribution is 2.49. The third-order valence-electron chi connectivity index (χ3n) is 5.69. The zero-order valence-electron chi connectivity index (χ0n) is 20.0. The van der Waals surface area contributed by atoms with Gasteiger partial charge in [0.15, 0.2) is 0 Å². The molecule has 4 nitrogen and oxygen atoms in total. The van der Waals surface area contributed by atoms with Crippen LogP contribution in [0.5, 0.6) is 0 Å². The van der Waals surface area contributed by atoms with Gasteiger partial charge in [0.25, 0.3) is 6.26 Å². The fourth-order valence-corrected chi connectivity index (χ4v) is 5.66. The highest BCUT2D eigenvalue weighted by Gasteiger charge is 2.19. The van der Waals surface area contributed by atoms with Gasteiger partial charge in [0.05, 0.1) is 0 Å². The Morgan fingerprint density at radius 1 is 0.875 bits per heavy atom. The summed E-state index contributed by atoms with van der Waals surface area (Å²) >= 11 is 5.94. The molecule has 1 atom stereocenters. The van der Waals surface area contributed by atoms with Crippen LogP contribution in [0.1, 0.15) is 115 Å². The molecule has 0 aromatic heterocycles. The van der Waals surface area contributed by atoms with E-state index in [-0.39, 0.29) is 0 Å². The van der Waals surface area contributed by atoms with E-state index >= 15 is 0 Å². The minimum absolute atomic E-state index is 0.973. The van der Waals surface area contributed by atoms with Crippen molar-refractivity contribution in [2.75, 3.05) is 0 Å². The summed E-state index contributed by atoms with van der Waals surface area (Å²) in [6.45, 7) is 0.955. The van der Waals surface area contributed by atoms with Crippen LogP contribution in [-0.4, -0.2) is 4.89 Å². The summed E-state index contributed by atoms with van der Waals surface area (Å²) in [6, 6.07) is 6.28. The zero-order chi connectivity index (χ0) is 23.5. The van der Waals surface area contributed by atoms with Crippen molar-refractivity contribution in [1.82, 2.24) is 0 Å². The Hall–Kier alpha value is -0.570. The molecule has 1 N–H and O–H groups in total. The Kier molecular flexibility index (Phi) is 17.3. The SMILES string of the molecule is CCCCCCCCCc1cccc(SOP(O)(=S)OC#N)c1CCCCCCCCC. The number of hydrogen-bond acceptors (Lipinski definition) is 5. The molecule has 0 saturated carbocycles. The monoisotopic (exact) mass is 499 g/mol. The van der Waals surface area contributed by atoms with Crippen LogP contribution in [-0.2, 0) is 33.1 Å². The first kappa shape index (κ1) is 29.5. The average molecular weight is 500 g/mol. The van der Waals surface area contributed by atoms with Gasteiger partial charge in [-0.1, -0.05) is 103 Å². The molecule has 7 heteroatoms.